The van der Waals surface area contributed by atoms with Crippen LogP contribution in [0.2, 0.25) is 0 Å². The fourth-order valence-corrected chi connectivity index (χ4v) is 4.26. The van der Waals surface area contributed by atoms with Crippen molar-refractivity contribution in [1.82, 2.24) is 14.8 Å². The van der Waals surface area contributed by atoms with E-state index in [4.69, 9.17) is 9.47 Å². The number of para-hydroxylation sites is 4. The molecule has 0 radical (unpaired) electrons. The Morgan fingerprint density at radius 1 is 1.22 bits per heavy atom. The summed E-state index contributed by atoms with van der Waals surface area (Å²) in [5.74, 6) is 1.68. The molecule has 0 saturated carbocycles. The molecule has 0 spiro atoms. The van der Waals surface area contributed by atoms with Crippen molar-refractivity contribution >= 4 is 35.0 Å². The maximum Gasteiger partial charge on any atom is 0.265 e. The van der Waals surface area contributed by atoms with Crippen molar-refractivity contribution in [3.8, 4) is 11.5 Å². The summed E-state index contributed by atoms with van der Waals surface area (Å²) in [7, 11) is 3.38. The van der Waals surface area contributed by atoms with E-state index in [1.807, 2.05) is 50.4 Å². The Balaban J connectivity index is 1.46. The van der Waals surface area contributed by atoms with Gasteiger partial charge in [0.2, 0.25) is 5.91 Å². The number of fused-ring (bicyclic) bond motifs is 1. The molecule has 0 bridgehead atoms. The second-order valence-electron chi connectivity index (χ2n) is 7.13. The normalized spacial score (nSPS) is 13.8. The van der Waals surface area contributed by atoms with E-state index in [-0.39, 0.29) is 30.2 Å². The lowest BCUT2D eigenvalue weighted by Crippen LogP contribution is -2.41. The molecule has 1 aromatic heterocycles. The molecule has 166 valence electrons. The molecule has 2 aromatic carbocycles. The van der Waals surface area contributed by atoms with Gasteiger partial charge in [-0.3, -0.25) is 14.5 Å². The highest BCUT2D eigenvalue weighted by Gasteiger charge is 2.32. The second kappa shape index (κ2) is 9.31. The number of nitrogens with zero attached hydrogens (tertiary/aromatic N) is 4. The zero-order valence-electron chi connectivity index (χ0n) is 17.9. The standard InChI is InChI=1S/C22H23N5O4S/c1-14(27-16-9-5-7-11-18(16)31-12-20(27)29)21-24-25-22(26(21)2)32-13-19(28)23-15-8-4-6-10-17(15)30-3/h4-11,14H,12-13H2,1-3H3,(H,23,28). The zero-order chi connectivity index (χ0) is 22.7. The van der Waals surface area contributed by atoms with Crippen molar-refractivity contribution < 1.29 is 19.1 Å². The van der Waals surface area contributed by atoms with Crippen molar-refractivity contribution in [3.63, 3.8) is 0 Å². The highest BCUT2D eigenvalue weighted by Crippen LogP contribution is 2.37. The number of thioether (sulfide) groups is 1. The number of nitrogens with one attached hydrogen (secondary N) is 1. The summed E-state index contributed by atoms with van der Waals surface area (Å²) in [6.45, 7) is 1.87. The minimum absolute atomic E-state index is 0.0239. The molecule has 0 aliphatic carbocycles. The van der Waals surface area contributed by atoms with E-state index < -0.39 is 0 Å². The summed E-state index contributed by atoms with van der Waals surface area (Å²) in [5, 5.41) is 11.9. The van der Waals surface area contributed by atoms with Crippen LogP contribution in [0, 0.1) is 0 Å². The minimum atomic E-state index is -0.359. The van der Waals surface area contributed by atoms with Gasteiger partial charge in [-0.1, -0.05) is 36.0 Å². The maximum atomic E-state index is 12.6. The number of hydrogen-bond donors (Lipinski definition) is 1. The van der Waals surface area contributed by atoms with Gasteiger partial charge in [0, 0.05) is 7.05 Å². The zero-order valence-corrected chi connectivity index (χ0v) is 18.8. The molecule has 10 heteroatoms. The van der Waals surface area contributed by atoms with Crippen molar-refractivity contribution in [1.29, 1.82) is 0 Å². The van der Waals surface area contributed by atoms with E-state index in [2.05, 4.69) is 15.5 Å². The number of ether oxygens (including phenoxy) is 2. The van der Waals surface area contributed by atoms with Crippen LogP contribution in [0.3, 0.4) is 0 Å². The second-order valence-corrected chi connectivity index (χ2v) is 8.08. The monoisotopic (exact) mass is 453 g/mol. The summed E-state index contributed by atoms with van der Waals surface area (Å²) >= 11 is 1.27. The molecule has 1 atom stereocenters. The fraction of sp³-hybridized carbons (Fsp3) is 0.273. The topological polar surface area (TPSA) is 98.6 Å². The van der Waals surface area contributed by atoms with Crippen LogP contribution in [0.4, 0.5) is 11.4 Å². The van der Waals surface area contributed by atoms with Crippen LogP contribution in [0.5, 0.6) is 11.5 Å². The number of aromatic nitrogens is 3. The van der Waals surface area contributed by atoms with E-state index in [0.29, 0.717) is 33.9 Å². The predicted molar refractivity (Wildman–Crippen MR) is 121 cm³/mol. The molecule has 1 aliphatic rings. The first-order chi connectivity index (χ1) is 15.5. The maximum absolute atomic E-state index is 12.6. The number of carbonyl (C=O) groups excluding carboxylic acids is 2. The van der Waals surface area contributed by atoms with Gasteiger partial charge < -0.3 is 19.4 Å². The third-order valence-corrected chi connectivity index (χ3v) is 6.11. The van der Waals surface area contributed by atoms with E-state index in [0.717, 1.165) is 0 Å². The van der Waals surface area contributed by atoms with Crippen molar-refractivity contribution in [2.75, 3.05) is 29.7 Å². The fourth-order valence-electron chi connectivity index (χ4n) is 3.54. The molecule has 3 aromatic rings. The Bertz CT molecular complexity index is 1150. The van der Waals surface area contributed by atoms with Crippen LogP contribution < -0.4 is 19.7 Å². The van der Waals surface area contributed by atoms with Crippen LogP contribution in [-0.4, -0.2) is 46.0 Å². The average Bonchev–Trinajstić information content (AvgIpc) is 3.17. The van der Waals surface area contributed by atoms with Crippen LogP contribution in [-0.2, 0) is 16.6 Å². The van der Waals surface area contributed by atoms with Gasteiger partial charge in [-0.2, -0.15) is 0 Å². The van der Waals surface area contributed by atoms with Gasteiger partial charge in [-0.15, -0.1) is 10.2 Å². The molecule has 9 nitrogen and oxygen atoms in total. The summed E-state index contributed by atoms with van der Waals surface area (Å²) in [4.78, 5) is 26.7. The number of amides is 2. The minimum Gasteiger partial charge on any atom is -0.495 e. The Kier molecular flexibility index (Phi) is 6.31. The number of anilines is 2. The molecule has 1 unspecified atom stereocenters. The molecule has 32 heavy (non-hydrogen) atoms. The van der Waals surface area contributed by atoms with Gasteiger partial charge >= 0.3 is 0 Å². The van der Waals surface area contributed by atoms with Crippen LogP contribution in [0.25, 0.3) is 0 Å². The number of hydrogen-bond acceptors (Lipinski definition) is 7. The Morgan fingerprint density at radius 2 is 1.97 bits per heavy atom. The number of methoxy groups -OCH3 is 1. The summed E-state index contributed by atoms with van der Waals surface area (Å²) in [5.41, 5.74) is 1.31. The Morgan fingerprint density at radius 3 is 2.78 bits per heavy atom. The molecule has 2 amide bonds. The van der Waals surface area contributed by atoms with Gasteiger partial charge in [0.25, 0.3) is 5.91 Å². The molecular weight excluding hydrogens is 430 g/mol. The van der Waals surface area contributed by atoms with E-state index >= 15 is 0 Å². The Labute approximate surface area is 189 Å². The van der Waals surface area contributed by atoms with Crippen LogP contribution in [0.15, 0.2) is 53.7 Å². The number of rotatable bonds is 7. The van der Waals surface area contributed by atoms with E-state index in [1.165, 1.54) is 11.8 Å². The highest BCUT2D eigenvalue weighted by atomic mass is 32.2. The van der Waals surface area contributed by atoms with Crippen LogP contribution in [0.1, 0.15) is 18.8 Å². The first-order valence-corrected chi connectivity index (χ1v) is 11.0. The smallest absolute Gasteiger partial charge is 0.265 e. The van der Waals surface area contributed by atoms with Gasteiger partial charge in [0.1, 0.15) is 11.5 Å². The van der Waals surface area contributed by atoms with Gasteiger partial charge in [-0.25, -0.2) is 0 Å². The first-order valence-electron chi connectivity index (χ1n) is 9.98. The molecular formula is C22H23N5O4S. The third kappa shape index (κ3) is 4.26. The third-order valence-electron chi connectivity index (χ3n) is 5.09. The first kappa shape index (κ1) is 21.7. The SMILES string of the molecule is COc1ccccc1NC(=O)CSc1nnc(C(C)N2C(=O)COc3ccccc32)n1C. The lowest BCUT2D eigenvalue weighted by Gasteiger charge is -2.33. The lowest BCUT2D eigenvalue weighted by molar-refractivity contribution is -0.121. The summed E-state index contributed by atoms with van der Waals surface area (Å²) < 4.78 is 12.6. The van der Waals surface area contributed by atoms with Crippen molar-refractivity contribution in [2.24, 2.45) is 7.05 Å². The van der Waals surface area contributed by atoms with Crippen molar-refractivity contribution in [2.45, 2.75) is 18.1 Å². The van der Waals surface area contributed by atoms with Gasteiger partial charge in [-0.05, 0) is 31.2 Å². The summed E-state index contributed by atoms with van der Waals surface area (Å²) in [6.07, 6.45) is 0. The predicted octanol–water partition coefficient (Wildman–Crippen LogP) is 3.04. The number of benzene rings is 2. The molecule has 1 N–H and O–H groups in total. The van der Waals surface area contributed by atoms with Gasteiger partial charge in [0.05, 0.1) is 30.3 Å². The molecule has 2 heterocycles. The molecule has 0 fully saturated rings. The average molecular weight is 454 g/mol. The van der Waals surface area contributed by atoms with Crippen molar-refractivity contribution in [3.05, 3.63) is 54.4 Å². The summed E-state index contributed by atoms with van der Waals surface area (Å²) in [6, 6.07) is 14.3. The molecule has 0 saturated heterocycles. The largest absolute Gasteiger partial charge is 0.495 e. The molecule has 4 rings (SSSR count). The van der Waals surface area contributed by atoms with Gasteiger partial charge in [0.15, 0.2) is 17.6 Å². The lowest BCUT2D eigenvalue weighted by atomic mass is 10.1. The molecule has 1 aliphatic heterocycles. The number of carbonyl (C=O) groups is 2. The van der Waals surface area contributed by atoms with E-state index in [1.54, 1.807) is 28.7 Å². The van der Waals surface area contributed by atoms with Crippen LogP contribution >= 0.6 is 11.8 Å². The Hall–Kier alpha value is -3.53. The van der Waals surface area contributed by atoms with E-state index in [9.17, 15) is 9.59 Å². The highest BCUT2D eigenvalue weighted by molar-refractivity contribution is 7.99. The quantitative estimate of drug-likeness (QED) is 0.549.